The molecular formula is C39H70O2. The van der Waals surface area contributed by atoms with Gasteiger partial charge in [-0.1, -0.05) is 99.3 Å². The molecule has 4 aliphatic rings. The molecule has 4 fully saturated rings. The zero-order chi connectivity index (χ0) is 29.5. The van der Waals surface area contributed by atoms with Crippen molar-refractivity contribution in [2.45, 2.75) is 176 Å². The average Bonchev–Trinajstić information content (AvgIpc) is 3.31. The molecule has 0 heterocycles. The first-order valence-electron chi connectivity index (χ1n) is 18.9. The topological polar surface area (TPSA) is 26.3 Å². The first-order chi connectivity index (χ1) is 19.7. The second-order valence-corrected chi connectivity index (χ2v) is 16.6. The molecule has 2 heteroatoms. The highest BCUT2D eigenvalue weighted by Crippen LogP contribution is 2.68. The number of unbranched alkanes of at least 4 members (excludes halogenated alkanes) is 6. The predicted molar refractivity (Wildman–Crippen MR) is 175 cm³/mol. The standard InChI is InChI=1S/C39H70O2/c1-7-8-9-10-11-12-13-17-37(40)41-28-25-31(29(2)3)19-18-30(4)34-22-23-35-33-21-20-32-16-14-15-26-38(32,5)36(33)24-27-39(34,35)6/h29-36H,7-28H2,1-6H3/t30-,31+,32?,33+,34-,35+,36+,38+,39-/m1/s1. The fourth-order valence-corrected chi connectivity index (χ4v) is 11.4. The summed E-state index contributed by atoms with van der Waals surface area (Å²) in [5.74, 6) is 7.17. The van der Waals surface area contributed by atoms with Crippen molar-refractivity contribution in [2.24, 2.45) is 58.2 Å². The third-order valence-electron chi connectivity index (χ3n) is 14.0. The summed E-state index contributed by atoms with van der Waals surface area (Å²) in [5.41, 5.74) is 1.24. The summed E-state index contributed by atoms with van der Waals surface area (Å²) in [6.45, 7) is 15.7. The van der Waals surface area contributed by atoms with Crippen LogP contribution in [0.4, 0.5) is 0 Å². The number of hydrogen-bond donors (Lipinski definition) is 0. The van der Waals surface area contributed by atoms with E-state index >= 15 is 0 Å². The molecule has 2 nitrogen and oxygen atoms in total. The molecule has 0 radical (unpaired) electrons. The molecule has 0 bridgehead atoms. The van der Waals surface area contributed by atoms with Crippen LogP contribution in [0.2, 0.25) is 0 Å². The van der Waals surface area contributed by atoms with Crippen molar-refractivity contribution in [3.63, 3.8) is 0 Å². The summed E-state index contributed by atoms with van der Waals surface area (Å²) in [4.78, 5) is 12.3. The molecule has 0 aromatic carbocycles. The Morgan fingerprint density at radius 3 is 2.24 bits per heavy atom. The van der Waals surface area contributed by atoms with Gasteiger partial charge in [-0.25, -0.2) is 0 Å². The van der Waals surface area contributed by atoms with Crippen LogP contribution < -0.4 is 0 Å². The third kappa shape index (κ3) is 7.95. The largest absolute Gasteiger partial charge is 0.466 e. The van der Waals surface area contributed by atoms with E-state index < -0.39 is 0 Å². The lowest BCUT2D eigenvalue weighted by atomic mass is 9.44. The Morgan fingerprint density at radius 2 is 1.49 bits per heavy atom. The fraction of sp³-hybridized carbons (Fsp3) is 0.974. The Bertz CT molecular complexity index is 788. The maximum atomic E-state index is 12.3. The van der Waals surface area contributed by atoms with Crippen LogP contribution in [0.3, 0.4) is 0 Å². The normalized spacial score (nSPS) is 36.3. The summed E-state index contributed by atoms with van der Waals surface area (Å²) in [6, 6.07) is 0. The summed E-state index contributed by atoms with van der Waals surface area (Å²) in [6.07, 6.45) is 28.2. The van der Waals surface area contributed by atoms with Gasteiger partial charge < -0.3 is 4.74 Å². The van der Waals surface area contributed by atoms with Gasteiger partial charge in [0.25, 0.3) is 0 Å². The predicted octanol–water partition coefficient (Wildman–Crippen LogP) is 11.8. The summed E-state index contributed by atoms with van der Waals surface area (Å²) in [5, 5.41) is 0. The molecule has 0 amide bonds. The minimum absolute atomic E-state index is 0.0334. The minimum atomic E-state index is 0.0334. The summed E-state index contributed by atoms with van der Waals surface area (Å²) >= 11 is 0. The summed E-state index contributed by atoms with van der Waals surface area (Å²) < 4.78 is 5.72. The molecular weight excluding hydrogens is 500 g/mol. The Kier molecular flexibility index (Phi) is 12.6. The average molecular weight is 571 g/mol. The number of rotatable bonds is 16. The molecule has 4 aliphatic carbocycles. The van der Waals surface area contributed by atoms with Gasteiger partial charge in [0, 0.05) is 6.42 Å². The molecule has 4 rings (SSSR count). The Balaban J connectivity index is 1.20. The molecule has 4 saturated carbocycles. The van der Waals surface area contributed by atoms with Crippen LogP contribution in [0.25, 0.3) is 0 Å². The van der Waals surface area contributed by atoms with Crippen LogP contribution in [0.5, 0.6) is 0 Å². The number of ether oxygens (including phenoxy) is 1. The van der Waals surface area contributed by atoms with E-state index in [9.17, 15) is 4.79 Å². The molecule has 0 N–H and O–H groups in total. The van der Waals surface area contributed by atoms with E-state index in [0.717, 1.165) is 48.3 Å². The van der Waals surface area contributed by atoms with Crippen molar-refractivity contribution >= 4 is 5.97 Å². The monoisotopic (exact) mass is 571 g/mol. The number of carbonyl (C=O) groups is 1. The highest BCUT2D eigenvalue weighted by Gasteiger charge is 2.60. The molecule has 0 saturated heterocycles. The Morgan fingerprint density at radius 1 is 0.756 bits per heavy atom. The van der Waals surface area contributed by atoms with Crippen LogP contribution in [0.15, 0.2) is 0 Å². The van der Waals surface area contributed by atoms with E-state index in [0.29, 0.717) is 35.7 Å². The van der Waals surface area contributed by atoms with Gasteiger partial charge in [0.2, 0.25) is 0 Å². The van der Waals surface area contributed by atoms with Crippen molar-refractivity contribution in [3.8, 4) is 0 Å². The van der Waals surface area contributed by atoms with Crippen molar-refractivity contribution in [1.29, 1.82) is 0 Å². The van der Waals surface area contributed by atoms with Crippen LogP contribution in [-0.4, -0.2) is 12.6 Å². The van der Waals surface area contributed by atoms with Gasteiger partial charge >= 0.3 is 5.97 Å². The molecule has 9 atom stereocenters. The van der Waals surface area contributed by atoms with E-state index in [4.69, 9.17) is 4.74 Å². The summed E-state index contributed by atoms with van der Waals surface area (Å²) in [7, 11) is 0. The SMILES string of the molecule is CCCCCCCCCC(=O)OCC[C@H](CC[C@@H](C)[C@H]1CC[C@H]2[C@@H]3CCC4CCCC[C@]4(C)[C@H]3CC[C@]12C)C(C)C. The lowest BCUT2D eigenvalue weighted by Gasteiger charge is -2.61. The first-order valence-corrected chi connectivity index (χ1v) is 18.9. The minimum Gasteiger partial charge on any atom is -0.466 e. The van der Waals surface area contributed by atoms with Gasteiger partial charge in [-0.05, 0) is 129 Å². The second-order valence-electron chi connectivity index (χ2n) is 16.6. The van der Waals surface area contributed by atoms with E-state index in [-0.39, 0.29) is 5.97 Å². The number of fused-ring (bicyclic) bond motifs is 5. The van der Waals surface area contributed by atoms with Crippen LogP contribution in [0, 0.1) is 58.2 Å². The van der Waals surface area contributed by atoms with E-state index in [2.05, 4.69) is 41.5 Å². The molecule has 0 aromatic heterocycles. The first kappa shape index (κ1) is 33.4. The highest BCUT2D eigenvalue weighted by atomic mass is 16.5. The van der Waals surface area contributed by atoms with Crippen LogP contribution >= 0.6 is 0 Å². The quantitative estimate of drug-likeness (QED) is 0.136. The lowest BCUT2D eigenvalue weighted by Crippen LogP contribution is -2.53. The van der Waals surface area contributed by atoms with Crippen LogP contribution in [0.1, 0.15) is 176 Å². The van der Waals surface area contributed by atoms with Crippen molar-refractivity contribution in [1.82, 2.24) is 0 Å². The highest BCUT2D eigenvalue weighted by molar-refractivity contribution is 5.69. The third-order valence-corrected chi connectivity index (χ3v) is 14.0. The van der Waals surface area contributed by atoms with Crippen molar-refractivity contribution in [2.75, 3.05) is 6.61 Å². The van der Waals surface area contributed by atoms with Gasteiger partial charge in [0.1, 0.15) is 0 Å². The van der Waals surface area contributed by atoms with Crippen molar-refractivity contribution < 1.29 is 9.53 Å². The molecule has 238 valence electrons. The molecule has 0 aromatic rings. The lowest BCUT2D eigenvalue weighted by molar-refractivity contribution is -0.144. The fourth-order valence-electron chi connectivity index (χ4n) is 11.4. The maximum Gasteiger partial charge on any atom is 0.305 e. The van der Waals surface area contributed by atoms with Gasteiger partial charge in [0.15, 0.2) is 0 Å². The van der Waals surface area contributed by atoms with E-state index in [1.165, 1.54) is 109 Å². The zero-order valence-electron chi connectivity index (χ0n) is 28.5. The maximum absolute atomic E-state index is 12.3. The Hall–Kier alpha value is -0.530. The van der Waals surface area contributed by atoms with Gasteiger partial charge in [-0.15, -0.1) is 0 Å². The van der Waals surface area contributed by atoms with E-state index in [1.54, 1.807) is 6.42 Å². The number of hydrogen-bond acceptors (Lipinski definition) is 2. The number of esters is 1. The Labute approximate surface area is 256 Å². The van der Waals surface area contributed by atoms with Crippen LogP contribution in [-0.2, 0) is 9.53 Å². The van der Waals surface area contributed by atoms with E-state index in [1.807, 2.05) is 0 Å². The van der Waals surface area contributed by atoms with Gasteiger partial charge in [0.05, 0.1) is 6.61 Å². The zero-order valence-corrected chi connectivity index (χ0v) is 28.5. The number of carbonyl (C=O) groups excluding carboxylic acids is 1. The molecule has 0 spiro atoms. The molecule has 41 heavy (non-hydrogen) atoms. The van der Waals surface area contributed by atoms with Gasteiger partial charge in [-0.3, -0.25) is 4.79 Å². The smallest absolute Gasteiger partial charge is 0.305 e. The van der Waals surface area contributed by atoms with Crippen molar-refractivity contribution in [3.05, 3.63) is 0 Å². The second kappa shape index (κ2) is 15.5. The molecule has 1 unspecified atom stereocenters. The molecule has 0 aliphatic heterocycles. The van der Waals surface area contributed by atoms with Gasteiger partial charge in [-0.2, -0.15) is 0 Å².